The summed E-state index contributed by atoms with van der Waals surface area (Å²) in [5, 5.41) is 7.60. The van der Waals surface area contributed by atoms with Crippen molar-refractivity contribution in [1.82, 2.24) is 4.57 Å². The van der Waals surface area contributed by atoms with Crippen LogP contribution in [0.1, 0.15) is 0 Å². The lowest BCUT2D eigenvalue weighted by atomic mass is 9.97. The Kier molecular flexibility index (Phi) is 7.39. The van der Waals surface area contributed by atoms with E-state index in [9.17, 15) is 0 Å². The van der Waals surface area contributed by atoms with Gasteiger partial charge in [-0.3, -0.25) is 0 Å². The molecule has 0 radical (unpaired) electrons. The van der Waals surface area contributed by atoms with Gasteiger partial charge in [-0.1, -0.05) is 146 Å². The van der Waals surface area contributed by atoms with E-state index in [2.05, 4.69) is 216 Å². The van der Waals surface area contributed by atoms with Crippen LogP contribution in [0.3, 0.4) is 0 Å². The summed E-state index contributed by atoms with van der Waals surface area (Å²) in [5.74, 6) is 0. The highest BCUT2D eigenvalue weighted by molar-refractivity contribution is 7.25. The molecule has 0 aliphatic rings. The number of anilines is 3. The third kappa shape index (κ3) is 5.16. The van der Waals surface area contributed by atoms with Crippen LogP contribution in [0.15, 0.2) is 206 Å². The Labute approximate surface area is 323 Å². The van der Waals surface area contributed by atoms with E-state index < -0.39 is 0 Å². The van der Waals surface area contributed by atoms with Gasteiger partial charge in [0.05, 0.1) is 16.7 Å². The predicted octanol–water partition coefficient (Wildman–Crippen LogP) is 15.1. The minimum atomic E-state index is 1.11. The number of fused-ring (bicyclic) bond motifs is 8. The van der Waals surface area contributed by atoms with Crippen LogP contribution in [0.25, 0.3) is 80.7 Å². The molecule has 0 aliphatic carbocycles. The van der Waals surface area contributed by atoms with Gasteiger partial charge in [-0.2, -0.15) is 0 Å². The smallest absolute Gasteiger partial charge is 0.0619 e. The normalized spacial score (nSPS) is 11.6. The first-order valence-electron chi connectivity index (χ1n) is 18.8. The van der Waals surface area contributed by atoms with Crippen LogP contribution in [-0.2, 0) is 0 Å². The van der Waals surface area contributed by atoms with Gasteiger partial charge in [-0.05, 0) is 82.7 Å². The minimum Gasteiger partial charge on any atom is -0.310 e. The highest BCUT2D eigenvalue weighted by Gasteiger charge is 2.21. The number of aromatic nitrogens is 1. The average molecular weight is 719 g/mol. The van der Waals surface area contributed by atoms with E-state index in [1.807, 2.05) is 11.3 Å². The molecular weight excluding hydrogens is 685 g/mol. The molecule has 0 fully saturated rings. The van der Waals surface area contributed by atoms with E-state index >= 15 is 0 Å². The van der Waals surface area contributed by atoms with E-state index in [0.29, 0.717) is 0 Å². The number of hydrogen-bond donors (Lipinski definition) is 0. The van der Waals surface area contributed by atoms with E-state index in [0.717, 1.165) is 22.7 Å². The van der Waals surface area contributed by atoms with Crippen molar-refractivity contribution in [1.29, 1.82) is 0 Å². The Morgan fingerprint density at radius 2 is 1.05 bits per heavy atom. The molecule has 0 atom stereocenters. The van der Waals surface area contributed by atoms with Crippen LogP contribution in [0.4, 0.5) is 17.1 Å². The van der Waals surface area contributed by atoms with E-state index in [1.165, 1.54) is 75.0 Å². The van der Waals surface area contributed by atoms with Crippen molar-refractivity contribution in [3.8, 4) is 27.9 Å². The maximum Gasteiger partial charge on any atom is 0.0619 e. The molecule has 258 valence electrons. The molecule has 0 N–H and O–H groups in total. The molecule has 0 spiro atoms. The van der Waals surface area contributed by atoms with Crippen LogP contribution in [0.2, 0.25) is 0 Å². The first-order chi connectivity index (χ1) is 27.3. The topological polar surface area (TPSA) is 8.17 Å². The van der Waals surface area contributed by atoms with Crippen LogP contribution in [-0.4, -0.2) is 4.57 Å². The summed E-state index contributed by atoms with van der Waals surface area (Å²) in [4.78, 5) is 2.42. The highest BCUT2D eigenvalue weighted by atomic mass is 32.1. The SMILES string of the molecule is c1ccc(-c2ccccc2N(c2ccc(-c3cccc4c3c3ccc5ccccc5c3n4-c3ccccc3)cc2)c2ccc3sc4ccccc4c3c2)cc1. The van der Waals surface area contributed by atoms with Crippen molar-refractivity contribution in [2.75, 3.05) is 4.90 Å². The van der Waals surface area contributed by atoms with Crippen molar-refractivity contribution < 1.29 is 0 Å². The van der Waals surface area contributed by atoms with Gasteiger partial charge in [0.15, 0.2) is 0 Å². The van der Waals surface area contributed by atoms with Crippen molar-refractivity contribution in [3.05, 3.63) is 206 Å². The Bertz CT molecular complexity index is 3190. The second-order valence-corrected chi connectivity index (χ2v) is 15.2. The van der Waals surface area contributed by atoms with E-state index in [-0.39, 0.29) is 0 Å². The molecular formula is C52H34N2S. The Hall–Kier alpha value is -6.94. The lowest BCUT2D eigenvalue weighted by Crippen LogP contribution is -2.11. The van der Waals surface area contributed by atoms with Gasteiger partial charge in [0.25, 0.3) is 0 Å². The van der Waals surface area contributed by atoms with Gasteiger partial charge in [-0.15, -0.1) is 11.3 Å². The fraction of sp³-hybridized carbons (Fsp3) is 0. The van der Waals surface area contributed by atoms with Crippen LogP contribution in [0.5, 0.6) is 0 Å². The second kappa shape index (κ2) is 12.9. The third-order valence-corrected chi connectivity index (χ3v) is 12.1. The maximum absolute atomic E-state index is 2.44. The van der Waals surface area contributed by atoms with Gasteiger partial charge in [-0.25, -0.2) is 0 Å². The molecule has 0 saturated heterocycles. The molecule has 0 amide bonds. The lowest BCUT2D eigenvalue weighted by molar-refractivity contribution is 1.19. The maximum atomic E-state index is 2.44. The quantitative estimate of drug-likeness (QED) is 0.166. The summed E-state index contributed by atoms with van der Waals surface area (Å²) < 4.78 is 5.05. The number of para-hydroxylation sites is 2. The Balaban J connectivity index is 1.11. The molecule has 11 aromatic rings. The van der Waals surface area contributed by atoms with E-state index in [1.54, 1.807) is 0 Å². The number of rotatable bonds is 6. The number of thiophene rings is 1. The number of nitrogens with zero attached hydrogens (tertiary/aromatic N) is 2. The molecule has 2 nitrogen and oxygen atoms in total. The molecule has 11 rings (SSSR count). The fourth-order valence-electron chi connectivity index (χ4n) is 8.51. The first-order valence-corrected chi connectivity index (χ1v) is 19.6. The molecule has 0 bridgehead atoms. The fourth-order valence-corrected chi connectivity index (χ4v) is 9.60. The van der Waals surface area contributed by atoms with Gasteiger partial charge < -0.3 is 9.47 Å². The lowest BCUT2D eigenvalue weighted by Gasteiger charge is -2.28. The summed E-state index contributed by atoms with van der Waals surface area (Å²) in [6, 6.07) is 75.1. The third-order valence-electron chi connectivity index (χ3n) is 11.0. The molecule has 9 aromatic carbocycles. The molecule has 55 heavy (non-hydrogen) atoms. The molecule has 0 unspecified atom stereocenters. The van der Waals surface area contributed by atoms with Gasteiger partial charge in [0, 0.05) is 59.0 Å². The standard InChI is InChI=1S/C52H34N2S/c1-3-14-35(15-4-1)41-19-9-11-23-47(41)53(40-31-33-50-46(34-40)44-21-10-12-25-49(44)55-50)39-29-26-37(27-30-39)42-22-13-24-48-51(42)45-32-28-36-16-7-8-20-43(36)52(45)54(48)38-17-5-2-6-18-38/h1-34H. The molecule has 2 heterocycles. The van der Waals surface area contributed by atoms with Gasteiger partial charge >= 0.3 is 0 Å². The first kappa shape index (κ1) is 31.6. The molecule has 0 aliphatic heterocycles. The minimum absolute atomic E-state index is 1.11. The zero-order valence-electron chi connectivity index (χ0n) is 29.9. The largest absolute Gasteiger partial charge is 0.310 e. The van der Waals surface area contributed by atoms with Crippen LogP contribution >= 0.6 is 11.3 Å². The summed E-state index contributed by atoms with van der Waals surface area (Å²) >= 11 is 1.86. The van der Waals surface area contributed by atoms with Gasteiger partial charge in [0.2, 0.25) is 0 Å². The van der Waals surface area contributed by atoms with Crippen molar-refractivity contribution >= 4 is 81.1 Å². The zero-order chi connectivity index (χ0) is 36.3. The monoisotopic (exact) mass is 718 g/mol. The van der Waals surface area contributed by atoms with E-state index in [4.69, 9.17) is 0 Å². The zero-order valence-corrected chi connectivity index (χ0v) is 30.7. The van der Waals surface area contributed by atoms with Crippen molar-refractivity contribution in [2.24, 2.45) is 0 Å². The molecule has 0 saturated carbocycles. The predicted molar refractivity (Wildman–Crippen MR) is 237 cm³/mol. The van der Waals surface area contributed by atoms with Gasteiger partial charge in [0.1, 0.15) is 0 Å². The summed E-state index contributed by atoms with van der Waals surface area (Å²) in [6.07, 6.45) is 0. The summed E-state index contributed by atoms with van der Waals surface area (Å²) in [7, 11) is 0. The highest BCUT2D eigenvalue weighted by Crippen LogP contribution is 2.45. The number of hydrogen-bond acceptors (Lipinski definition) is 2. The van der Waals surface area contributed by atoms with Crippen LogP contribution in [0, 0.1) is 0 Å². The molecule has 2 aromatic heterocycles. The summed E-state index contributed by atoms with van der Waals surface area (Å²) in [6.45, 7) is 0. The van der Waals surface area contributed by atoms with Crippen LogP contribution < -0.4 is 4.90 Å². The Morgan fingerprint density at radius 1 is 0.400 bits per heavy atom. The van der Waals surface area contributed by atoms with Crippen molar-refractivity contribution in [3.63, 3.8) is 0 Å². The second-order valence-electron chi connectivity index (χ2n) is 14.1. The average Bonchev–Trinajstić information content (AvgIpc) is 3.81. The molecule has 3 heteroatoms. The summed E-state index contributed by atoms with van der Waals surface area (Å²) in [5.41, 5.74) is 11.8. The van der Waals surface area contributed by atoms with Crippen molar-refractivity contribution in [2.45, 2.75) is 0 Å². The Morgan fingerprint density at radius 3 is 1.91 bits per heavy atom. The number of benzene rings is 9.